The Bertz CT molecular complexity index is 1110. The Balaban J connectivity index is 1.60. The van der Waals surface area contributed by atoms with Crippen LogP contribution in [-0.2, 0) is 4.79 Å². The molecule has 1 heterocycles. The first-order valence-corrected chi connectivity index (χ1v) is 12.4. The molecule has 0 radical (unpaired) electrons. The van der Waals surface area contributed by atoms with Gasteiger partial charge in [-0.15, -0.1) is 10.2 Å². The van der Waals surface area contributed by atoms with Gasteiger partial charge < -0.3 is 5.32 Å². The molecule has 4 rings (SSSR count). The SMILES string of the molecule is Cc1cc(C)c(NC(=O)C(C)Sc2nnc(-c3ccccc3Cl)n2C2CCCC2)c(C)c1. The fraction of sp³-hybridized carbons (Fsp3) is 0.400. The van der Waals surface area contributed by atoms with E-state index < -0.39 is 0 Å². The summed E-state index contributed by atoms with van der Waals surface area (Å²) in [6.07, 6.45) is 4.56. The number of nitrogens with one attached hydrogen (secondary N) is 1. The van der Waals surface area contributed by atoms with E-state index in [2.05, 4.69) is 39.1 Å². The zero-order chi connectivity index (χ0) is 22.8. The second kappa shape index (κ2) is 9.67. The number of carbonyl (C=O) groups is 1. The van der Waals surface area contributed by atoms with Crippen molar-refractivity contribution in [2.24, 2.45) is 0 Å². The highest BCUT2D eigenvalue weighted by molar-refractivity contribution is 8.00. The summed E-state index contributed by atoms with van der Waals surface area (Å²) in [7, 11) is 0. The van der Waals surface area contributed by atoms with Gasteiger partial charge >= 0.3 is 0 Å². The van der Waals surface area contributed by atoms with E-state index in [0.717, 1.165) is 46.2 Å². The number of nitrogens with zero attached hydrogens (tertiary/aromatic N) is 3. The molecule has 3 aromatic rings. The third-order valence-corrected chi connectivity index (χ3v) is 7.43. The lowest BCUT2D eigenvalue weighted by Gasteiger charge is -2.19. The van der Waals surface area contributed by atoms with Crippen molar-refractivity contribution in [3.05, 3.63) is 58.1 Å². The first-order valence-electron chi connectivity index (χ1n) is 11.1. The van der Waals surface area contributed by atoms with Crippen molar-refractivity contribution >= 4 is 35.0 Å². The third kappa shape index (κ3) is 4.71. The standard InChI is InChI=1S/C25H29ClN4OS/c1-15-13-16(2)22(17(3)14-15)27-24(31)18(4)32-25-29-28-23(20-11-7-8-12-21(20)26)30(25)19-9-5-6-10-19/h7-8,11-14,18-19H,5-6,9-10H2,1-4H3,(H,27,31). The average molecular weight is 469 g/mol. The van der Waals surface area contributed by atoms with Crippen LogP contribution in [0.3, 0.4) is 0 Å². The van der Waals surface area contributed by atoms with Gasteiger partial charge in [-0.05, 0) is 63.8 Å². The molecule has 1 atom stereocenters. The van der Waals surface area contributed by atoms with E-state index >= 15 is 0 Å². The maximum absolute atomic E-state index is 13.1. The zero-order valence-electron chi connectivity index (χ0n) is 19.0. The van der Waals surface area contributed by atoms with E-state index in [1.165, 1.54) is 30.2 Å². The van der Waals surface area contributed by atoms with Gasteiger partial charge in [-0.25, -0.2) is 0 Å². The van der Waals surface area contributed by atoms with E-state index in [4.69, 9.17) is 11.6 Å². The van der Waals surface area contributed by atoms with Crippen LogP contribution in [0.4, 0.5) is 5.69 Å². The van der Waals surface area contributed by atoms with E-state index in [1.807, 2.05) is 45.0 Å². The van der Waals surface area contributed by atoms with Gasteiger partial charge in [0.25, 0.3) is 0 Å². The molecule has 2 aromatic carbocycles. The fourth-order valence-corrected chi connectivity index (χ4v) is 5.63. The molecule has 1 aliphatic carbocycles. The molecule has 1 fully saturated rings. The van der Waals surface area contributed by atoms with Crippen LogP contribution < -0.4 is 5.32 Å². The molecule has 7 heteroatoms. The highest BCUT2D eigenvalue weighted by Crippen LogP contribution is 2.39. The molecule has 32 heavy (non-hydrogen) atoms. The quantitative estimate of drug-likeness (QED) is 0.406. The highest BCUT2D eigenvalue weighted by Gasteiger charge is 2.28. The Morgan fingerprint density at radius 1 is 1.12 bits per heavy atom. The molecule has 1 amide bonds. The van der Waals surface area contributed by atoms with E-state index in [-0.39, 0.29) is 11.2 Å². The smallest absolute Gasteiger partial charge is 0.237 e. The summed E-state index contributed by atoms with van der Waals surface area (Å²) in [5.74, 6) is 0.744. The third-order valence-electron chi connectivity index (χ3n) is 6.05. The van der Waals surface area contributed by atoms with Gasteiger partial charge in [0.05, 0.1) is 10.3 Å². The number of amides is 1. The van der Waals surface area contributed by atoms with E-state index in [9.17, 15) is 4.79 Å². The van der Waals surface area contributed by atoms with Crippen LogP contribution in [0, 0.1) is 20.8 Å². The van der Waals surface area contributed by atoms with Crippen LogP contribution in [0.25, 0.3) is 11.4 Å². The topological polar surface area (TPSA) is 59.8 Å². The monoisotopic (exact) mass is 468 g/mol. The number of aromatic nitrogens is 3. The Kier molecular flexibility index (Phi) is 6.91. The summed E-state index contributed by atoms with van der Waals surface area (Å²) in [6.45, 7) is 8.04. The molecule has 1 aromatic heterocycles. The van der Waals surface area contributed by atoms with Gasteiger partial charge in [0.1, 0.15) is 0 Å². The van der Waals surface area contributed by atoms with Crippen molar-refractivity contribution < 1.29 is 4.79 Å². The predicted molar refractivity (Wildman–Crippen MR) is 133 cm³/mol. The van der Waals surface area contributed by atoms with Gasteiger partial charge in [-0.2, -0.15) is 0 Å². The normalized spacial score (nSPS) is 15.2. The van der Waals surface area contributed by atoms with Crippen molar-refractivity contribution in [1.82, 2.24) is 14.8 Å². The molecule has 0 spiro atoms. The Labute approximate surface area is 199 Å². The lowest BCUT2D eigenvalue weighted by atomic mass is 10.1. The van der Waals surface area contributed by atoms with Crippen LogP contribution in [0.1, 0.15) is 55.3 Å². The van der Waals surface area contributed by atoms with E-state index in [1.54, 1.807) is 0 Å². The average Bonchev–Trinajstić information content (AvgIpc) is 3.40. The second-order valence-corrected chi connectivity index (χ2v) is 10.3. The molecule has 1 unspecified atom stereocenters. The number of rotatable bonds is 6. The van der Waals surface area contributed by atoms with Crippen LogP contribution in [0.15, 0.2) is 41.6 Å². The number of hydrogen-bond donors (Lipinski definition) is 1. The molecule has 1 aliphatic rings. The fourth-order valence-electron chi connectivity index (χ4n) is 4.49. The van der Waals surface area contributed by atoms with E-state index in [0.29, 0.717) is 11.1 Å². The maximum Gasteiger partial charge on any atom is 0.237 e. The van der Waals surface area contributed by atoms with Crippen LogP contribution in [0.2, 0.25) is 5.02 Å². The first kappa shape index (κ1) is 22.9. The number of aryl methyl sites for hydroxylation is 3. The van der Waals surface area contributed by atoms with Crippen molar-refractivity contribution in [3.8, 4) is 11.4 Å². The van der Waals surface area contributed by atoms with Gasteiger partial charge in [-0.1, -0.05) is 66.0 Å². The summed E-state index contributed by atoms with van der Waals surface area (Å²) < 4.78 is 2.20. The number of halogens is 1. The molecule has 168 valence electrons. The molecule has 0 bridgehead atoms. The minimum absolute atomic E-state index is 0.0367. The van der Waals surface area contributed by atoms with Gasteiger partial charge in [0, 0.05) is 17.3 Å². The van der Waals surface area contributed by atoms with Gasteiger partial charge in [0.2, 0.25) is 5.91 Å². The molecule has 5 nitrogen and oxygen atoms in total. The number of benzene rings is 2. The lowest BCUT2D eigenvalue weighted by Crippen LogP contribution is -2.24. The number of thioether (sulfide) groups is 1. The predicted octanol–water partition coefficient (Wildman–Crippen LogP) is 6.76. The summed E-state index contributed by atoms with van der Waals surface area (Å²) in [6, 6.07) is 12.2. The lowest BCUT2D eigenvalue weighted by molar-refractivity contribution is -0.115. The Hall–Kier alpha value is -2.31. The summed E-state index contributed by atoms with van der Waals surface area (Å²) in [5, 5.41) is 13.2. The number of carbonyl (C=O) groups excluding carboxylic acids is 1. The van der Waals surface area contributed by atoms with Gasteiger partial charge in [0.15, 0.2) is 11.0 Å². The molecule has 0 aliphatic heterocycles. The van der Waals surface area contributed by atoms with Gasteiger partial charge in [-0.3, -0.25) is 9.36 Å². The van der Waals surface area contributed by atoms with Crippen LogP contribution in [0.5, 0.6) is 0 Å². The second-order valence-electron chi connectivity index (χ2n) is 8.62. The molecule has 1 saturated carbocycles. The maximum atomic E-state index is 13.1. The van der Waals surface area contributed by atoms with Crippen molar-refractivity contribution in [1.29, 1.82) is 0 Å². The minimum atomic E-state index is -0.321. The highest BCUT2D eigenvalue weighted by atomic mass is 35.5. The molecular formula is C25H29ClN4OS. The molecule has 0 saturated heterocycles. The Morgan fingerprint density at radius 2 is 1.78 bits per heavy atom. The van der Waals surface area contributed by atoms with Crippen molar-refractivity contribution in [3.63, 3.8) is 0 Å². The first-order chi connectivity index (χ1) is 15.3. The van der Waals surface area contributed by atoms with Crippen LogP contribution in [-0.4, -0.2) is 25.9 Å². The van der Waals surface area contributed by atoms with Crippen molar-refractivity contribution in [2.45, 2.75) is 69.8 Å². The minimum Gasteiger partial charge on any atom is -0.325 e. The number of anilines is 1. The Morgan fingerprint density at radius 3 is 2.44 bits per heavy atom. The van der Waals surface area contributed by atoms with Crippen LogP contribution >= 0.6 is 23.4 Å². The zero-order valence-corrected chi connectivity index (χ0v) is 20.6. The molecule has 1 N–H and O–H groups in total. The molecular weight excluding hydrogens is 440 g/mol. The van der Waals surface area contributed by atoms with Crippen molar-refractivity contribution in [2.75, 3.05) is 5.32 Å². The number of hydrogen-bond acceptors (Lipinski definition) is 4. The summed E-state index contributed by atoms with van der Waals surface area (Å²) >= 11 is 7.94. The summed E-state index contributed by atoms with van der Waals surface area (Å²) in [5.41, 5.74) is 5.11. The summed E-state index contributed by atoms with van der Waals surface area (Å²) in [4.78, 5) is 13.1. The largest absolute Gasteiger partial charge is 0.325 e.